The lowest BCUT2D eigenvalue weighted by Crippen LogP contribution is -2.19. The number of rotatable bonds is 4. The molecule has 1 atom stereocenters. The minimum Gasteiger partial charge on any atom is -0.365 e. The predicted octanol–water partition coefficient (Wildman–Crippen LogP) is 1.60. The van der Waals surface area contributed by atoms with Crippen molar-refractivity contribution in [2.75, 3.05) is 17.7 Å². The highest BCUT2D eigenvalue weighted by atomic mass is 15.2. The Kier molecular flexibility index (Phi) is 2.35. The standard InChI is InChI=1S/C11H16N6/c1-6(7-3-4-7)15-10-8-9(14-5-13-8)16-11(12-2)17-10/h5-7H,3-4H2,1-2H3,(H3,12,13,14,15,16,17). The Morgan fingerprint density at radius 2 is 2.24 bits per heavy atom. The van der Waals surface area contributed by atoms with E-state index in [-0.39, 0.29) is 0 Å². The summed E-state index contributed by atoms with van der Waals surface area (Å²) in [6.07, 6.45) is 4.26. The summed E-state index contributed by atoms with van der Waals surface area (Å²) >= 11 is 0. The Bertz CT molecular complexity index is 530. The number of nitrogens with zero attached hydrogens (tertiary/aromatic N) is 3. The molecule has 6 nitrogen and oxygen atoms in total. The average molecular weight is 232 g/mol. The van der Waals surface area contributed by atoms with Crippen molar-refractivity contribution in [2.45, 2.75) is 25.8 Å². The van der Waals surface area contributed by atoms with E-state index in [2.05, 4.69) is 37.5 Å². The van der Waals surface area contributed by atoms with Gasteiger partial charge in [0.1, 0.15) is 5.52 Å². The molecule has 1 fully saturated rings. The molecule has 3 N–H and O–H groups in total. The molecule has 90 valence electrons. The molecule has 0 saturated heterocycles. The molecule has 0 bridgehead atoms. The highest BCUT2D eigenvalue weighted by Gasteiger charge is 2.28. The van der Waals surface area contributed by atoms with Crippen molar-refractivity contribution in [1.82, 2.24) is 19.9 Å². The monoisotopic (exact) mass is 232 g/mol. The summed E-state index contributed by atoms with van der Waals surface area (Å²) in [5, 5.41) is 6.40. The summed E-state index contributed by atoms with van der Waals surface area (Å²) in [5.41, 5.74) is 1.56. The van der Waals surface area contributed by atoms with E-state index in [0.717, 1.165) is 17.3 Å². The van der Waals surface area contributed by atoms with Gasteiger partial charge >= 0.3 is 0 Å². The van der Waals surface area contributed by atoms with Gasteiger partial charge < -0.3 is 15.6 Å². The number of aromatic nitrogens is 4. The van der Waals surface area contributed by atoms with E-state index in [4.69, 9.17) is 0 Å². The molecule has 0 aliphatic heterocycles. The minimum absolute atomic E-state index is 0.445. The van der Waals surface area contributed by atoms with Gasteiger partial charge in [-0.2, -0.15) is 9.97 Å². The second kappa shape index (κ2) is 3.87. The maximum atomic E-state index is 4.44. The van der Waals surface area contributed by atoms with Crippen molar-refractivity contribution in [3.05, 3.63) is 6.33 Å². The first kappa shape index (κ1) is 10.3. The van der Waals surface area contributed by atoms with Crippen LogP contribution in [0.1, 0.15) is 19.8 Å². The van der Waals surface area contributed by atoms with Crippen LogP contribution in [0.15, 0.2) is 6.33 Å². The molecule has 0 radical (unpaired) electrons. The molecule has 0 amide bonds. The number of hydrogen-bond acceptors (Lipinski definition) is 5. The zero-order chi connectivity index (χ0) is 11.8. The van der Waals surface area contributed by atoms with Crippen LogP contribution in [0.3, 0.4) is 0 Å². The predicted molar refractivity (Wildman–Crippen MR) is 67.0 cm³/mol. The van der Waals surface area contributed by atoms with Crippen LogP contribution in [-0.4, -0.2) is 33.0 Å². The lowest BCUT2D eigenvalue weighted by Gasteiger charge is -2.14. The summed E-state index contributed by atoms with van der Waals surface area (Å²) in [4.78, 5) is 16.0. The quantitative estimate of drug-likeness (QED) is 0.746. The third-order valence-electron chi connectivity index (χ3n) is 3.20. The summed E-state index contributed by atoms with van der Waals surface area (Å²) in [5.74, 6) is 2.20. The van der Waals surface area contributed by atoms with Gasteiger partial charge in [0.2, 0.25) is 5.95 Å². The maximum absolute atomic E-state index is 4.44. The van der Waals surface area contributed by atoms with Gasteiger partial charge in [0.05, 0.1) is 6.33 Å². The first-order valence-corrected chi connectivity index (χ1v) is 5.93. The van der Waals surface area contributed by atoms with E-state index < -0.39 is 0 Å². The Morgan fingerprint density at radius 3 is 2.94 bits per heavy atom. The molecular weight excluding hydrogens is 216 g/mol. The van der Waals surface area contributed by atoms with E-state index in [1.54, 1.807) is 6.33 Å². The third kappa shape index (κ3) is 1.90. The molecule has 1 aliphatic carbocycles. The number of anilines is 2. The topological polar surface area (TPSA) is 78.5 Å². The summed E-state index contributed by atoms with van der Waals surface area (Å²) in [6.45, 7) is 2.20. The largest absolute Gasteiger partial charge is 0.365 e. The van der Waals surface area contributed by atoms with Crippen LogP contribution in [0.4, 0.5) is 11.8 Å². The van der Waals surface area contributed by atoms with Gasteiger partial charge in [-0.1, -0.05) is 0 Å². The molecule has 2 aromatic rings. The number of H-pyrrole nitrogens is 1. The average Bonchev–Trinajstić information content (AvgIpc) is 3.07. The molecule has 17 heavy (non-hydrogen) atoms. The van der Waals surface area contributed by atoms with E-state index in [9.17, 15) is 0 Å². The van der Waals surface area contributed by atoms with Gasteiger partial charge in [0.15, 0.2) is 11.5 Å². The molecule has 1 saturated carbocycles. The van der Waals surface area contributed by atoms with Crippen LogP contribution < -0.4 is 10.6 Å². The number of nitrogens with one attached hydrogen (secondary N) is 3. The van der Waals surface area contributed by atoms with Crippen molar-refractivity contribution in [3.63, 3.8) is 0 Å². The summed E-state index contributed by atoms with van der Waals surface area (Å²) in [6, 6.07) is 0.445. The van der Waals surface area contributed by atoms with Gasteiger partial charge in [-0.15, -0.1) is 0 Å². The van der Waals surface area contributed by atoms with Crippen LogP contribution in [0.5, 0.6) is 0 Å². The molecule has 1 unspecified atom stereocenters. The van der Waals surface area contributed by atoms with E-state index in [1.807, 2.05) is 7.05 Å². The summed E-state index contributed by atoms with van der Waals surface area (Å²) in [7, 11) is 1.81. The Hall–Kier alpha value is -1.85. The SMILES string of the molecule is CNc1nc(NC(C)C2CC2)c2[nH]cnc2n1. The Labute approximate surface area is 99.3 Å². The third-order valence-corrected chi connectivity index (χ3v) is 3.20. The Balaban J connectivity index is 1.97. The fourth-order valence-corrected chi connectivity index (χ4v) is 1.98. The zero-order valence-corrected chi connectivity index (χ0v) is 9.99. The lowest BCUT2D eigenvalue weighted by molar-refractivity contribution is 0.691. The summed E-state index contributed by atoms with van der Waals surface area (Å²) < 4.78 is 0. The molecule has 1 aliphatic rings. The van der Waals surface area contributed by atoms with E-state index in [1.165, 1.54) is 12.8 Å². The molecule has 6 heteroatoms. The van der Waals surface area contributed by atoms with E-state index >= 15 is 0 Å². The zero-order valence-electron chi connectivity index (χ0n) is 9.99. The van der Waals surface area contributed by atoms with Crippen LogP contribution in [0, 0.1) is 5.92 Å². The molecule has 0 aromatic carbocycles. The van der Waals surface area contributed by atoms with Crippen molar-refractivity contribution < 1.29 is 0 Å². The van der Waals surface area contributed by atoms with Gasteiger partial charge in [-0.3, -0.25) is 0 Å². The molecular formula is C11H16N6. The normalized spacial score (nSPS) is 17.1. The molecule has 0 spiro atoms. The van der Waals surface area contributed by atoms with Crippen LogP contribution in [-0.2, 0) is 0 Å². The molecule has 2 aromatic heterocycles. The van der Waals surface area contributed by atoms with Crippen LogP contribution in [0.2, 0.25) is 0 Å². The highest BCUT2D eigenvalue weighted by Crippen LogP contribution is 2.34. The van der Waals surface area contributed by atoms with Gasteiger partial charge in [-0.25, -0.2) is 4.98 Å². The van der Waals surface area contributed by atoms with Crippen LogP contribution in [0.25, 0.3) is 11.2 Å². The van der Waals surface area contributed by atoms with Crippen molar-refractivity contribution in [2.24, 2.45) is 5.92 Å². The number of hydrogen-bond donors (Lipinski definition) is 3. The van der Waals surface area contributed by atoms with E-state index in [0.29, 0.717) is 17.6 Å². The minimum atomic E-state index is 0.445. The first-order chi connectivity index (χ1) is 8.28. The Morgan fingerprint density at radius 1 is 1.41 bits per heavy atom. The molecule has 3 rings (SSSR count). The highest BCUT2D eigenvalue weighted by molar-refractivity contribution is 5.83. The van der Waals surface area contributed by atoms with Crippen LogP contribution >= 0.6 is 0 Å². The first-order valence-electron chi connectivity index (χ1n) is 5.93. The number of aromatic amines is 1. The molecule has 2 heterocycles. The second-order valence-corrected chi connectivity index (χ2v) is 4.52. The van der Waals surface area contributed by atoms with Gasteiger partial charge in [0, 0.05) is 13.1 Å². The maximum Gasteiger partial charge on any atom is 0.226 e. The van der Waals surface area contributed by atoms with Crippen molar-refractivity contribution in [1.29, 1.82) is 0 Å². The number of imidazole rings is 1. The van der Waals surface area contributed by atoms with Gasteiger partial charge in [-0.05, 0) is 25.7 Å². The van der Waals surface area contributed by atoms with Crippen molar-refractivity contribution in [3.8, 4) is 0 Å². The van der Waals surface area contributed by atoms with Crippen molar-refractivity contribution >= 4 is 22.9 Å². The fraction of sp³-hybridized carbons (Fsp3) is 0.545. The fourth-order valence-electron chi connectivity index (χ4n) is 1.98. The number of fused-ring (bicyclic) bond motifs is 1. The van der Waals surface area contributed by atoms with Gasteiger partial charge in [0.25, 0.3) is 0 Å². The smallest absolute Gasteiger partial charge is 0.226 e. The second-order valence-electron chi connectivity index (χ2n) is 4.52. The lowest BCUT2D eigenvalue weighted by atomic mass is 10.2.